The van der Waals surface area contributed by atoms with Crippen molar-refractivity contribution in [1.82, 2.24) is 0 Å². The van der Waals surface area contributed by atoms with Crippen LogP contribution in [0.1, 0.15) is 6.92 Å². The summed E-state index contributed by atoms with van der Waals surface area (Å²) in [6, 6.07) is 9.61. The number of ether oxygens (including phenoxy) is 1. The Morgan fingerprint density at radius 1 is 1.47 bits per heavy atom. The van der Waals surface area contributed by atoms with E-state index < -0.39 is 11.9 Å². The maximum Gasteiger partial charge on any atom is 0.308 e. The smallest absolute Gasteiger partial charge is 0.308 e. The summed E-state index contributed by atoms with van der Waals surface area (Å²) >= 11 is 0. The first-order chi connectivity index (χ1) is 7.20. The summed E-state index contributed by atoms with van der Waals surface area (Å²) in [5, 5.41) is 11.6. The molecule has 0 aromatic heterocycles. The molecule has 1 aromatic rings. The first-order valence-electron chi connectivity index (χ1n) is 4.79. The molecule has 4 heteroatoms. The van der Waals surface area contributed by atoms with Crippen LogP contribution in [0, 0.1) is 5.92 Å². The van der Waals surface area contributed by atoms with Gasteiger partial charge in [-0.3, -0.25) is 4.79 Å². The topological polar surface area (TPSA) is 58.6 Å². The SMILES string of the molecule is CC(COCNc1ccccc1)C(=O)O. The first kappa shape index (κ1) is 11.5. The van der Waals surface area contributed by atoms with Crippen molar-refractivity contribution in [3.8, 4) is 0 Å². The van der Waals surface area contributed by atoms with Gasteiger partial charge in [-0.15, -0.1) is 0 Å². The Labute approximate surface area is 88.9 Å². The van der Waals surface area contributed by atoms with Gasteiger partial charge in [0.1, 0.15) is 6.73 Å². The minimum atomic E-state index is -0.838. The number of rotatable bonds is 6. The molecule has 2 N–H and O–H groups in total. The normalized spacial score (nSPS) is 12.1. The summed E-state index contributed by atoms with van der Waals surface area (Å²) in [5.74, 6) is -1.31. The summed E-state index contributed by atoms with van der Waals surface area (Å²) < 4.78 is 5.17. The molecule has 0 bridgehead atoms. The number of benzene rings is 1. The van der Waals surface area contributed by atoms with E-state index in [2.05, 4.69) is 5.32 Å². The second-order valence-corrected chi connectivity index (χ2v) is 3.30. The Morgan fingerprint density at radius 3 is 2.73 bits per heavy atom. The highest BCUT2D eigenvalue weighted by molar-refractivity contribution is 5.69. The van der Waals surface area contributed by atoms with Gasteiger partial charge in [0.25, 0.3) is 0 Å². The molecule has 0 heterocycles. The molecule has 15 heavy (non-hydrogen) atoms. The molecular formula is C11H15NO3. The van der Waals surface area contributed by atoms with Crippen molar-refractivity contribution in [1.29, 1.82) is 0 Å². The zero-order valence-corrected chi connectivity index (χ0v) is 8.64. The maximum absolute atomic E-state index is 10.5. The zero-order chi connectivity index (χ0) is 11.1. The molecule has 0 fully saturated rings. The van der Waals surface area contributed by atoms with Gasteiger partial charge >= 0.3 is 5.97 Å². The average Bonchev–Trinajstić information content (AvgIpc) is 2.25. The predicted molar refractivity (Wildman–Crippen MR) is 57.7 cm³/mol. The Morgan fingerprint density at radius 2 is 2.13 bits per heavy atom. The van der Waals surface area contributed by atoms with Crippen LogP contribution in [0.4, 0.5) is 5.69 Å². The third-order valence-corrected chi connectivity index (χ3v) is 1.94. The number of hydrogen-bond donors (Lipinski definition) is 2. The molecule has 0 amide bonds. The van der Waals surface area contributed by atoms with Crippen LogP contribution in [0.2, 0.25) is 0 Å². The number of aliphatic carboxylic acids is 1. The van der Waals surface area contributed by atoms with Crippen LogP contribution in [0.25, 0.3) is 0 Å². The molecule has 1 aromatic carbocycles. The van der Waals surface area contributed by atoms with Crippen LogP contribution < -0.4 is 5.32 Å². The number of anilines is 1. The second kappa shape index (κ2) is 6.03. The number of carbonyl (C=O) groups is 1. The lowest BCUT2D eigenvalue weighted by Gasteiger charge is -2.09. The highest BCUT2D eigenvalue weighted by atomic mass is 16.5. The summed E-state index contributed by atoms with van der Waals surface area (Å²) in [6.07, 6.45) is 0. The van der Waals surface area contributed by atoms with E-state index in [-0.39, 0.29) is 6.61 Å². The summed E-state index contributed by atoms with van der Waals surface area (Å²) in [4.78, 5) is 10.5. The number of carboxylic acids is 1. The van der Waals surface area contributed by atoms with Crippen molar-refractivity contribution < 1.29 is 14.6 Å². The molecule has 0 saturated carbocycles. The molecule has 82 valence electrons. The number of nitrogens with one attached hydrogen (secondary N) is 1. The van der Waals surface area contributed by atoms with Gasteiger partial charge in [-0.2, -0.15) is 0 Å². The molecular weight excluding hydrogens is 194 g/mol. The van der Waals surface area contributed by atoms with Crippen molar-refractivity contribution in [3.05, 3.63) is 30.3 Å². The van der Waals surface area contributed by atoms with Crippen molar-refractivity contribution >= 4 is 11.7 Å². The van der Waals surface area contributed by atoms with Crippen LogP contribution in [-0.2, 0) is 9.53 Å². The van der Waals surface area contributed by atoms with Gasteiger partial charge in [0, 0.05) is 5.69 Å². The highest BCUT2D eigenvalue weighted by Crippen LogP contribution is 2.04. The Bertz CT molecular complexity index is 300. The van der Waals surface area contributed by atoms with Gasteiger partial charge in [0.15, 0.2) is 0 Å². The van der Waals surface area contributed by atoms with Gasteiger partial charge in [-0.05, 0) is 19.1 Å². The third-order valence-electron chi connectivity index (χ3n) is 1.94. The van der Waals surface area contributed by atoms with E-state index in [1.807, 2.05) is 30.3 Å². The van der Waals surface area contributed by atoms with E-state index in [0.717, 1.165) is 5.69 Å². The van der Waals surface area contributed by atoms with Crippen molar-refractivity contribution in [3.63, 3.8) is 0 Å². The molecule has 0 spiro atoms. The number of carboxylic acid groups (broad SMARTS) is 1. The quantitative estimate of drug-likeness (QED) is 0.554. The molecule has 4 nitrogen and oxygen atoms in total. The Balaban J connectivity index is 2.15. The Hall–Kier alpha value is -1.55. The van der Waals surface area contributed by atoms with Gasteiger partial charge in [-0.1, -0.05) is 18.2 Å². The van der Waals surface area contributed by atoms with Crippen molar-refractivity contribution in [2.24, 2.45) is 5.92 Å². The van der Waals surface area contributed by atoms with Crippen LogP contribution in [0.3, 0.4) is 0 Å². The van der Waals surface area contributed by atoms with Crippen molar-refractivity contribution in [2.75, 3.05) is 18.7 Å². The van der Waals surface area contributed by atoms with E-state index in [9.17, 15) is 4.79 Å². The first-order valence-corrected chi connectivity index (χ1v) is 4.79. The van der Waals surface area contributed by atoms with E-state index in [4.69, 9.17) is 9.84 Å². The fourth-order valence-corrected chi connectivity index (χ4v) is 0.997. The number of hydrogen-bond acceptors (Lipinski definition) is 3. The fraction of sp³-hybridized carbons (Fsp3) is 0.364. The lowest BCUT2D eigenvalue weighted by Crippen LogP contribution is -2.18. The molecule has 1 rings (SSSR count). The van der Waals surface area contributed by atoms with E-state index in [0.29, 0.717) is 6.73 Å². The van der Waals surface area contributed by atoms with E-state index in [1.54, 1.807) is 6.92 Å². The van der Waals surface area contributed by atoms with Crippen LogP contribution in [0.5, 0.6) is 0 Å². The lowest BCUT2D eigenvalue weighted by molar-refractivity contribution is -0.143. The van der Waals surface area contributed by atoms with Gasteiger partial charge in [-0.25, -0.2) is 0 Å². The zero-order valence-electron chi connectivity index (χ0n) is 8.64. The van der Waals surface area contributed by atoms with Crippen molar-refractivity contribution in [2.45, 2.75) is 6.92 Å². The maximum atomic E-state index is 10.5. The average molecular weight is 209 g/mol. The molecule has 0 radical (unpaired) electrons. The number of para-hydroxylation sites is 1. The highest BCUT2D eigenvalue weighted by Gasteiger charge is 2.09. The molecule has 0 saturated heterocycles. The molecule has 1 unspecified atom stereocenters. The second-order valence-electron chi connectivity index (χ2n) is 3.30. The monoisotopic (exact) mass is 209 g/mol. The van der Waals surface area contributed by atoms with Gasteiger partial charge in [0.05, 0.1) is 12.5 Å². The van der Waals surface area contributed by atoms with Gasteiger partial charge < -0.3 is 15.2 Å². The van der Waals surface area contributed by atoms with Crippen LogP contribution >= 0.6 is 0 Å². The third kappa shape index (κ3) is 4.46. The molecule has 0 aliphatic carbocycles. The molecule has 1 atom stereocenters. The summed E-state index contributed by atoms with van der Waals surface area (Å²) in [7, 11) is 0. The van der Waals surface area contributed by atoms with Crippen LogP contribution in [0.15, 0.2) is 30.3 Å². The standard InChI is InChI=1S/C11H15NO3/c1-9(11(13)14)7-15-8-12-10-5-3-2-4-6-10/h2-6,9,12H,7-8H2,1H3,(H,13,14). The minimum Gasteiger partial charge on any atom is -0.481 e. The van der Waals surface area contributed by atoms with Gasteiger partial charge in [0.2, 0.25) is 0 Å². The predicted octanol–water partition coefficient (Wildman–Crippen LogP) is 1.79. The van der Waals surface area contributed by atoms with E-state index in [1.165, 1.54) is 0 Å². The summed E-state index contributed by atoms with van der Waals surface area (Å²) in [5.41, 5.74) is 0.959. The minimum absolute atomic E-state index is 0.217. The molecule has 0 aliphatic heterocycles. The van der Waals surface area contributed by atoms with E-state index >= 15 is 0 Å². The lowest BCUT2D eigenvalue weighted by atomic mass is 10.2. The fourth-order valence-electron chi connectivity index (χ4n) is 0.997. The van der Waals surface area contributed by atoms with Crippen LogP contribution in [-0.4, -0.2) is 24.4 Å². The summed E-state index contributed by atoms with van der Waals surface area (Å²) in [6.45, 7) is 2.15. The largest absolute Gasteiger partial charge is 0.481 e. The Kier molecular flexibility index (Phi) is 4.63. The molecule has 0 aliphatic rings.